The lowest BCUT2D eigenvalue weighted by Gasteiger charge is -2.37. The molecule has 0 aromatic heterocycles. The predicted octanol–water partition coefficient (Wildman–Crippen LogP) is 1.05. The molecule has 90 valence electrons. The average Bonchev–Trinajstić information content (AvgIpc) is 2.18. The van der Waals surface area contributed by atoms with Crippen LogP contribution < -0.4 is 0 Å². The smallest absolute Gasteiger partial charge is 0.216 e. The Morgan fingerprint density at radius 2 is 2.13 bits per heavy atom. The van der Waals surface area contributed by atoms with E-state index >= 15 is 0 Å². The first-order chi connectivity index (χ1) is 6.89. The molecule has 15 heavy (non-hydrogen) atoms. The minimum atomic E-state index is -3.20. The molecule has 0 aromatic rings. The number of alkyl halides is 1. The van der Waals surface area contributed by atoms with Crippen LogP contribution in [0.3, 0.4) is 0 Å². The molecule has 1 saturated heterocycles. The number of ether oxygens (including phenoxy) is 1. The van der Waals surface area contributed by atoms with Crippen molar-refractivity contribution in [1.29, 1.82) is 0 Å². The van der Waals surface area contributed by atoms with Crippen molar-refractivity contribution >= 4 is 21.6 Å². The summed E-state index contributed by atoms with van der Waals surface area (Å²) in [5, 5.41) is -0.394. The first-order valence-corrected chi connectivity index (χ1v) is 7.11. The van der Waals surface area contributed by atoms with Crippen LogP contribution in [0.25, 0.3) is 0 Å². The van der Waals surface area contributed by atoms with Crippen molar-refractivity contribution in [2.24, 2.45) is 0 Å². The number of hydrogen-bond donors (Lipinski definition) is 0. The van der Waals surface area contributed by atoms with Gasteiger partial charge in [0, 0.05) is 18.5 Å². The highest BCUT2D eigenvalue weighted by atomic mass is 35.5. The van der Waals surface area contributed by atoms with Crippen LogP contribution in [-0.2, 0) is 14.8 Å². The molecular formula is C9H18ClNO3S. The van der Waals surface area contributed by atoms with Gasteiger partial charge in [0.05, 0.1) is 18.0 Å². The summed E-state index contributed by atoms with van der Waals surface area (Å²) in [4.78, 5) is 0. The van der Waals surface area contributed by atoms with Gasteiger partial charge in [-0.25, -0.2) is 8.42 Å². The number of halogens is 1. The van der Waals surface area contributed by atoms with Gasteiger partial charge in [-0.1, -0.05) is 0 Å². The normalized spacial score (nSPS) is 29.7. The first-order valence-electron chi connectivity index (χ1n) is 5.07. The number of nitrogens with zero attached hydrogens (tertiary/aromatic N) is 1. The molecule has 0 spiro atoms. The maximum Gasteiger partial charge on any atom is 0.216 e. The minimum Gasteiger partial charge on any atom is -0.374 e. The van der Waals surface area contributed by atoms with Crippen LogP contribution in [0.15, 0.2) is 0 Å². The second-order valence-corrected chi connectivity index (χ2v) is 6.87. The van der Waals surface area contributed by atoms with E-state index in [9.17, 15) is 8.42 Å². The molecule has 1 aliphatic heterocycles. The standard InChI is InChI=1S/C9H18ClNO3S/c1-7(2)15(12,13)11-5-9(4-10)14-6-8(11)3/h7-9H,4-6H2,1-3H3. The van der Waals surface area contributed by atoms with E-state index in [4.69, 9.17) is 16.3 Å². The Bertz CT molecular complexity index is 304. The molecule has 2 unspecified atom stereocenters. The van der Waals surface area contributed by atoms with Crippen molar-refractivity contribution in [2.45, 2.75) is 38.2 Å². The van der Waals surface area contributed by atoms with Gasteiger partial charge in [-0.2, -0.15) is 4.31 Å². The van der Waals surface area contributed by atoms with Crippen molar-refractivity contribution in [1.82, 2.24) is 4.31 Å². The molecule has 0 radical (unpaired) electrons. The maximum absolute atomic E-state index is 12.0. The first kappa shape index (κ1) is 13.2. The topological polar surface area (TPSA) is 46.6 Å². The van der Waals surface area contributed by atoms with Gasteiger partial charge in [0.1, 0.15) is 0 Å². The van der Waals surface area contributed by atoms with Gasteiger partial charge in [-0.05, 0) is 20.8 Å². The zero-order valence-electron chi connectivity index (χ0n) is 9.31. The molecule has 6 heteroatoms. The van der Waals surface area contributed by atoms with Crippen LogP contribution in [0, 0.1) is 0 Å². The maximum atomic E-state index is 12.0. The highest BCUT2D eigenvalue weighted by Gasteiger charge is 2.35. The van der Waals surface area contributed by atoms with E-state index < -0.39 is 15.3 Å². The number of rotatable bonds is 3. The Balaban J connectivity index is 2.83. The summed E-state index contributed by atoms with van der Waals surface area (Å²) in [7, 11) is -3.20. The van der Waals surface area contributed by atoms with Gasteiger partial charge < -0.3 is 4.74 Å². The molecule has 1 fully saturated rings. The summed E-state index contributed by atoms with van der Waals surface area (Å²) in [6, 6.07) is -0.100. The second-order valence-electron chi connectivity index (χ2n) is 4.12. The van der Waals surface area contributed by atoms with E-state index in [1.54, 1.807) is 13.8 Å². The number of morpholine rings is 1. The van der Waals surface area contributed by atoms with Crippen LogP contribution in [0.2, 0.25) is 0 Å². The van der Waals surface area contributed by atoms with Gasteiger partial charge in [-0.3, -0.25) is 0 Å². The van der Waals surface area contributed by atoms with Crippen LogP contribution in [0.1, 0.15) is 20.8 Å². The molecule has 0 bridgehead atoms. The average molecular weight is 256 g/mol. The third-order valence-corrected chi connectivity index (χ3v) is 5.24. The quantitative estimate of drug-likeness (QED) is 0.709. The van der Waals surface area contributed by atoms with E-state index in [1.165, 1.54) is 4.31 Å². The van der Waals surface area contributed by atoms with E-state index in [2.05, 4.69) is 0 Å². The highest BCUT2D eigenvalue weighted by Crippen LogP contribution is 2.19. The molecule has 4 nitrogen and oxygen atoms in total. The van der Waals surface area contributed by atoms with Crippen LogP contribution in [0.4, 0.5) is 0 Å². The summed E-state index contributed by atoms with van der Waals surface area (Å²) in [6.45, 7) is 6.01. The van der Waals surface area contributed by atoms with E-state index in [0.29, 0.717) is 19.0 Å². The molecule has 0 saturated carbocycles. The number of hydrogen-bond acceptors (Lipinski definition) is 3. The van der Waals surface area contributed by atoms with Crippen LogP contribution >= 0.6 is 11.6 Å². The monoisotopic (exact) mass is 255 g/mol. The summed E-state index contributed by atoms with van der Waals surface area (Å²) in [5.74, 6) is 0.330. The SMILES string of the molecule is CC1COC(CCl)CN1S(=O)(=O)C(C)C. The van der Waals surface area contributed by atoms with E-state index in [-0.39, 0.29) is 12.1 Å². The summed E-state index contributed by atoms with van der Waals surface area (Å²) < 4.78 is 30.9. The lowest BCUT2D eigenvalue weighted by atomic mass is 10.2. The lowest BCUT2D eigenvalue weighted by Crippen LogP contribution is -2.53. The summed E-state index contributed by atoms with van der Waals surface area (Å²) in [6.07, 6.45) is -0.184. The van der Waals surface area contributed by atoms with Crippen LogP contribution in [-0.4, -0.2) is 49.2 Å². The van der Waals surface area contributed by atoms with Gasteiger partial charge in [-0.15, -0.1) is 11.6 Å². The molecule has 0 aliphatic carbocycles. The van der Waals surface area contributed by atoms with Gasteiger partial charge in [0.15, 0.2) is 0 Å². The van der Waals surface area contributed by atoms with E-state index in [0.717, 1.165) is 0 Å². The fourth-order valence-electron chi connectivity index (χ4n) is 1.51. The Morgan fingerprint density at radius 3 is 2.60 bits per heavy atom. The Morgan fingerprint density at radius 1 is 1.53 bits per heavy atom. The molecule has 0 N–H and O–H groups in total. The Hall–Kier alpha value is 0.160. The van der Waals surface area contributed by atoms with Gasteiger partial charge >= 0.3 is 0 Å². The third kappa shape index (κ3) is 2.84. The molecule has 2 atom stereocenters. The fourth-order valence-corrected chi connectivity index (χ4v) is 3.18. The molecule has 1 rings (SSSR count). The number of sulfonamides is 1. The highest BCUT2D eigenvalue weighted by molar-refractivity contribution is 7.89. The Kier molecular flexibility index (Phi) is 4.40. The van der Waals surface area contributed by atoms with Crippen molar-refractivity contribution < 1.29 is 13.2 Å². The lowest BCUT2D eigenvalue weighted by molar-refractivity contribution is -0.0154. The molecular weight excluding hydrogens is 238 g/mol. The molecule has 0 aromatic carbocycles. The zero-order valence-corrected chi connectivity index (χ0v) is 10.9. The van der Waals surface area contributed by atoms with Crippen LogP contribution in [0.5, 0.6) is 0 Å². The van der Waals surface area contributed by atoms with Crippen molar-refractivity contribution in [3.8, 4) is 0 Å². The van der Waals surface area contributed by atoms with Gasteiger partial charge in [0.2, 0.25) is 10.0 Å². The second kappa shape index (κ2) is 4.99. The molecule has 0 amide bonds. The largest absolute Gasteiger partial charge is 0.374 e. The summed E-state index contributed by atoms with van der Waals surface area (Å²) in [5.41, 5.74) is 0. The molecule has 1 heterocycles. The summed E-state index contributed by atoms with van der Waals surface area (Å²) >= 11 is 5.68. The fraction of sp³-hybridized carbons (Fsp3) is 1.00. The predicted molar refractivity (Wildman–Crippen MR) is 60.7 cm³/mol. The minimum absolute atomic E-state index is 0.100. The van der Waals surface area contributed by atoms with Crippen molar-refractivity contribution in [2.75, 3.05) is 19.0 Å². The van der Waals surface area contributed by atoms with Gasteiger partial charge in [0.25, 0.3) is 0 Å². The van der Waals surface area contributed by atoms with E-state index in [1.807, 2.05) is 6.92 Å². The third-order valence-electron chi connectivity index (χ3n) is 2.54. The van der Waals surface area contributed by atoms with Crippen molar-refractivity contribution in [3.05, 3.63) is 0 Å². The Labute approximate surface area is 96.6 Å². The zero-order chi connectivity index (χ0) is 11.6. The molecule has 1 aliphatic rings. The van der Waals surface area contributed by atoms with Crippen molar-refractivity contribution in [3.63, 3.8) is 0 Å².